The fraction of sp³-hybridized carbons (Fsp3) is 0.368. The number of carbonyl (C=O) groups is 1. The van der Waals surface area contributed by atoms with Gasteiger partial charge in [-0.15, -0.1) is 0 Å². The SMILES string of the molecule is CC(=O)N[C@@]1(O)[C@@H](O)[C@H](O)[C@@H](CO)O[C@H]1n1c(-c2ccccc2)c(C#N)c(=O)[nH]c1=O. The Kier molecular flexibility index (Phi) is 6.07. The molecule has 2 heterocycles. The third kappa shape index (κ3) is 3.76. The molecule has 3 rings (SSSR count). The summed E-state index contributed by atoms with van der Waals surface area (Å²) in [6, 6.07) is 9.46. The van der Waals surface area contributed by atoms with Crippen LogP contribution in [0.4, 0.5) is 0 Å². The van der Waals surface area contributed by atoms with Crippen molar-refractivity contribution in [2.45, 2.75) is 37.2 Å². The predicted octanol–water partition coefficient (Wildman–Crippen LogP) is -2.49. The minimum Gasteiger partial charge on any atom is -0.394 e. The van der Waals surface area contributed by atoms with Crippen LogP contribution in [0.5, 0.6) is 0 Å². The molecule has 1 aliphatic rings. The molecule has 12 heteroatoms. The summed E-state index contributed by atoms with van der Waals surface area (Å²) in [6.45, 7) is 0.204. The third-order valence-electron chi connectivity index (χ3n) is 4.93. The molecule has 0 saturated carbocycles. The predicted molar refractivity (Wildman–Crippen MR) is 103 cm³/mol. The number of H-pyrrole nitrogens is 1. The van der Waals surface area contributed by atoms with E-state index in [1.54, 1.807) is 24.3 Å². The number of hydrogen-bond donors (Lipinski definition) is 6. The number of aromatic nitrogens is 2. The Morgan fingerprint density at radius 2 is 1.97 bits per heavy atom. The molecule has 31 heavy (non-hydrogen) atoms. The highest BCUT2D eigenvalue weighted by molar-refractivity contribution is 5.74. The molecular weight excluding hydrogens is 412 g/mol. The van der Waals surface area contributed by atoms with E-state index < -0.39 is 59.6 Å². The average Bonchev–Trinajstić information content (AvgIpc) is 2.73. The summed E-state index contributed by atoms with van der Waals surface area (Å²) < 4.78 is 6.19. The number of benzene rings is 1. The Labute approximate surface area is 174 Å². The van der Waals surface area contributed by atoms with Crippen molar-refractivity contribution in [1.29, 1.82) is 5.26 Å². The molecule has 6 N–H and O–H groups in total. The smallest absolute Gasteiger partial charge is 0.331 e. The topological polar surface area (TPSA) is 198 Å². The van der Waals surface area contributed by atoms with E-state index in [9.17, 15) is 40.1 Å². The molecule has 12 nitrogen and oxygen atoms in total. The fourth-order valence-corrected chi connectivity index (χ4v) is 3.54. The van der Waals surface area contributed by atoms with Crippen LogP contribution in [-0.4, -0.2) is 66.5 Å². The first-order chi connectivity index (χ1) is 14.7. The number of carbonyl (C=O) groups excluding carboxylic acids is 1. The molecule has 0 radical (unpaired) electrons. The van der Waals surface area contributed by atoms with E-state index in [1.807, 2.05) is 4.98 Å². The van der Waals surface area contributed by atoms with Crippen LogP contribution < -0.4 is 16.6 Å². The van der Waals surface area contributed by atoms with Crippen LogP contribution in [0, 0.1) is 11.3 Å². The Balaban J connectivity index is 2.38. The number of nitrogens with zero attached hydrogens (tertiary/aromatic N) is 2. The van der Waals surface area contributed by atoms with Crippen LogP contribution in [0.1, 0.15) is 18.7 Å². The number of nitrogens with one attached hydrogen (secondary N) is 2. The average molecular weight is 432 g/mol. The van der Waals surface area contributed by atoms with Crippen molar-refractivity contribution in [1.82, 2.24) is 14.9 Å². The van der Waals surface area contributed by atoms with Crippen molar-refractivity contribution < 1.29 is 30.0 Å². The Morgan fingerprint density at radius 3 is 2.52 bits per heavy atom. The van der Waals surface area contributed by atoms with E-state index in [1.165, 1.54) is 12.1 Å². The second kappa shape index (κ2) is 8.42. The number of rotatable bonds is 4. The van der Waals surface area contributed by atoms with Gasteiger partial charge in [0.05, 0.1) is 12.3 Å². The lowest BCUT2D eigenvalue weighted by molar-refractivity contribution is -0.305. The standard InChI is InChI=1S/C19H20N4O8/c1-9(25)22-19(30)15(27)14(26)12(8-24)31-17(19)23-13(10-5-3-2-4-6-10)11(7-20)16(28)21-18(23)29/h2-6,12,14-15,17,24,26-27,30H,8H2,1H3,(H,22,25)(H,21,28,29)/t12-,14-,15+,17-,19-/m1/s1. The molecule has 1 aromatic carbocycles. The van der Waals surface area contributed by atoms with Crippen LogP contribution in [-0.2, 0) is 9.53 Å². The van der Waals surface area contributed by atoms with Crippen LogP contribution in [0.25, 0.3) is 11.3 Å². The highest BCUT2D eigenvalue weighted by Gasteiger charge is 2.57. The zero-order chi connectivity index (χ0) is 22.9. The van der Waals surface area contributed by atoms with Gasteiger partial charge in [0.2, 0.25) is 11.6 Å². The summed E-state index contributed by atoms with van der Waals surface area (Å²) in [7, 11) is 0. The molecule has 1 amide bonds. The Morgan fingerprint density at radius 1 is 1.32 bits per heavy atom. The quantitative estimate of drug-likeness (QED) is 0.283. The first-order valence-electron chi connectivity index (χ1n) is 9.13. The number of hydrogen-bond acceptors (Lipinski definition) is 9. The molecule has 164 valence electrons. The third-order valence-corrected chi connectivity index (χ3v) is 4.93. The number of nitriles is 1. The molecule has 0 spiro atoms. The Hall–Kier alpha value is -3.34. The minimum atomic E-state index is -2.77. The van der Waals surface area contributed by atoms with Crippen molar-refractivity contribution in [3.63, 3.8) is 0 Å². The van der Waals surface area contributed by atoms with E-state index in [0.29, 0.717) is 4.57 Å². The van der Waals surface area contributed by atoms with Gasteiger partial charge in [0.15, 0.2) is 6.23 Å². The van der Waals surface area contributed by atoms with E-state index in [4.69, 9.17) is 4.74 Å². The summed E-state index contributed by atoms with van der Waals surface area (Å²) in [5.74, 6) is -0.843. The zero-order valence-electron chi connectivity index (χ0n) is 16.2. The monoisotopic (exact) mass is 432 g/mol. The van der Waals surface area contributed by atoms with Gasteiger partial charge >= 0.3 is 5.69 Å². The van der Waals surface area contributed by atoms with Crippen LogP contribution >= 0.6 is 0 Å². The number of aliphatic hydroxyl groups excluding tert-OH is 3. The summed E-state index contributed by atoms with van der Waals surface area (Å²) in [4.78, 5) is 38.8. The number of amides is 1. The molecule has 1 aliphatic heterocycles. The van der Waals surface area contributed by atoms with Crippen LogP contribution in [0.15, 0.2) is 39.9 Å². The highest BCUT2D eigenvalue weighted by Crippen LogP contribution is 2.37. The molecule has 1 fully saturated rings. The maximum absolute atomic E-state index is 12.8. The lowest BCUT2D eigenvalue weighted by Crippen LogP contribution is -2.71. The lowest BCUT2D eigenvalue weighted by Gasteiger charge is -2.48. The van der Waals surface area contributed by atoms with Crippen molar-refractivity contribution >= 4 is 5.91 Å². The van der Waals surface area contributed by atoms with Gasteiger partial charge in [-0.25, -0.2) is 4.79 Å². The van der Waals surface area contributed by atoms with E-state index in [-0.39, 0.29) is 11.3 Å². The lowest BCUT2D eigenvalue weighted by atomic mass is 9.91. The summed E-state index contributed by atoms with van der Waals surface area (Å²) in [5.41, 5.74) is -5.43. The normalized spacial score (nSPS) is 28.0. The van der Waals surface area contributed by atoms with Gasteiger partial charge in [-0.1, -0.05) is 30.3 Å². The summed E-state index contributed by atoms with van der Waals surface area (Å²) in [6.07, 6.45) is -7.37. The summed E-state index contributed by atoms with van der Waals surface area (Å²) >= 11 is 0. The maximum Gasteiger partial charge on any atom is 0.331 e. The first kappa shape index (κ1) is 22.3. The van der Waals surface area contributed by atoms with E-state index >= 15 is 0 Å². The molecular formula is C19H20N4O8. The molecule has 0 bridgehead atoms. The van der Waals surface area contributed by atoms with E-state index in [0.717, 1.165) is 6.92 Å². The number of ether oxygens (including phenoxy) is 1. The fourth-order valence-electron chi connectivity index (χ4n) is 3.54. The van der Waals surface area contributed by atoms with Gasteiger partial charge in [-0.2, -0.15) is 5.26 Å². The minimum absolute atomic E-state index is 0.220. The van der Waals surface area contributed by atoms with Crippen LogP contribution in [0.2, 0.25) is 0 Å². The molecule has 0 aliphatic carbocycles. The number of aromatic amines is 1. The number of aliphatic hydroxyl groups is 4. The molecule has 5 atom stereocenters. The maximum atomic E-state index is 12.8. The first-order valence-corrected chi connectivity index (χ1v) is 9.13. The molecule has 1 aromatic heterocycles. The van der Waals surface area contributed by atoms with Crippen molar-refractivity contribution in [2.24, 2.45) is 0 Å². The largest absolute Gasteiger partial charge is 0.394 e. The van der Waals surface area contributed by atoms with Gasteiger partial charge in [0.1, 0.15) is 29.9 Å². The molecule has 0 unspecified atom stereocenters. The van der Waals surface area contributed by atoms with Crippen LogP contribution in [0.3, 0.4) is 0 Å². The van der Waals surface area contributed by atoms with Crippen molar-refractivity contribution in [3.8, 4) is 17.3 Å². The highest BCUT2D eigenvalue weighted by atomic mass is 16.6. The van der Waals surface area contributed by atoms with Gasteiger partial charge in [0, 0.05) is 6.92 Å². The molecule has 1 saturated heterocycles. The zero-order valence-corrected chi connectivity index (χ0v) is 16.2. The van der Waals surface area contributed by atoms with Crippen molar-refractivity contribution in [2.75, 3.05) is 6.61 Å². The Bertz CT molecular complexity index is 1140. The second-order valence-corrected chi connectivity index (χ2v) is 6.98. The van der Waals surface area contributed by atoms with Gasteiger partial charge < -0.3 is 30.5 Å². The van der Waals surface area contributed by atoms with Gasteiger partial charge in [-0.05, 0) is 5.56 Å². The van der Waals surface area contributed by atoms with Gasteiger partial charge in [-0.3, -0.25) is 19.1 Å². The summed E-state index contributed by atoms with van der Waals surface area (Å²) in [5, 5.41) is 53.1. The van der Waals surface area contributed by atoms with Crippen molar-refractivity contribution in [3.05, 3.63) is 56.7 Å². The molecule has 2 aromatic rings. The van der Waals surface area contributed by atoms with E-state index in [2.05, 4.69) is 5.32 Å². The second-order valence-electron chi connectivity index (χ2n) is 6.98. The van der Waals surface area contributed by atoms with Gasteiger partial charge in [0.25, 0.3) is 5.56 Å².